The van der Waals surface area contributed by atoms with E-state index in [-0.39, 0.29) is 11.3 Å². The summed E-state index contributed by atoms with van der Waals surface area (Å²) in [4.78, 5) is 17.7. The van der Waals surface area contributed by atoms with Crippen LogP contribution in [0.4, 0.5) is 0 Å². The third-order valence-electron chi connectivity index (χ3n) is 4.67. The SMILES string of the molecule is COc1cc2c(=O)n(-c3ccc(O)cc3)c(C)nc2cc1OCc1ccccc1. The summed E-state index contributed by atoms with van der Waals surface area (Å²) in [6, 6.07) is 19.6. The number of aromatic nitrogens is 2. The maximum atomic E-state index is 13.2. The Labute approximate surface area is 167 Å². The number of hydrogen-bond donors (Lipinski definition) is 1. The Kier molecular flexibility index (Phi) is 4.91. The van der Waals surface area contributed by atoms with Crippen LogP contribution in [0, 0.1) is 6.92 Å². The molecule has 0 saturated carbocycles. The lowest BCUT2D eigenvalue weighted by Gasteiger charge is -2.14. The smallest absolute Gasteiger partial charge is 0.266 e. The van der Waals surface area contributed by atoms with Crippen LogP contribution in [-0.4, -0.2) is 21.8 Å². The molecule has 146 valence electrons. The molecule has 4 rings (SSSR count). The summed E-state index contributed by atoms with van der Waals surface area (Å²) in [7, 11) is 1.54. The van der Waals surface area contributed by atoms with Crippen LogP contribution in [0.2, 0.25) is 0 Å². The Hall–Kier alpha value is -3.80. The van der Waals surface area contributed by atoms with Crippen molar-refractivity contribution in [2.45, 2.75) is 13.5 Å². The average Bonchev–Trinajstić information content (AvgIpc) is 2.74. The molecule has 0 atom stereocenters. The second-order valence-corrected chi connectivity index (χ2v) is 6.61. The first-order valence-electron chi connectivity index (χ1n) is 9.14. The molecule has 1 N–H and O–H groups in total. The Morgan fingerprint density at radius 3 is 2.41 bits per heavy atom. The Morgan fingerprint density at radius 2 is 1.72 bits per heavy atom. The highest BCUT2D eigenvalue weighted by atomic mass is 16.5. The molecule has 0 unspecified atom stereocenters. The zero-order valence-electron chi connectivity index (χ0n) is 16.1. The van der Waals surface area contributed by atoms with E-state index in [1.807, 2.05) is 30.3 Å². The third kappa shape index (κ3) is 3.65. The van der Waals surface area contributed by atoms with Crippen LogP contribution in [0.5, 0.6) is 17.2 Å². The van der Waals surface area contributed by atoms with Gasteiger partial charge in [-0.3, -0.25) is 9.36 Å². The minimum atomic E-state index is -0.217. The molecular formula is C23H20N2O4. The van der Waals surface area contributed by atoms with Crippen LogP contribution in [-0.2, 0) is 6.61 Å². The predicted octanol–water partition coefficient (Wildman–Crippen LogP) is 3.99. The lowest BCUT2D eigenvalue weighted by molar-refractivity contribution is 0.285. The molecule has 0 amide bonds. The molecule has 0 fully saturated rings. The largest absolute Gasteiger partial charge is 0.508 e. The zero-order valence-corrected chi connectivity index (χ0v) is 16.1. The average molecular weight is 388 g/mol. The summed E-state index contributed by atoms with van der Waals surface area (Å²) in [6.45, 7) is 2.15. The number of methoxy groups -OCH3 is 1. The van der Waals surface area contributed by atoms with Crippen molar-refractivity contribution in [2.75, 3.05) is 7.11 Å². The highest BCUT2D eigenvalue weighted by molar-refractivity contribution is 5.82. The van der Waals surface area contributed by atoms with Gasteiger partial charge in [-0.15, -0.1) is 0 Å². The van der Waals surface area contributed by atoms with Crippen LogP contribution in [0.3, 0.4) is 0 Å². The highest BCUT2D eigenvalue weighted by Gasteiger charge is 2.15. The van der Waals surface area contributed by atoms with E-state index in [2.05, 4.69) is 4.98 Å². The van der Waals surface area contributed by atoms with Gasteiger partial charge in [-0.2, -0.15) is 0 Å². The molecule has 6 heteroatoms. The number of hydrogen-bond acceptors (Lipinski definition) is 5. The van der Waals surface area contributed by atoms with Crippen molar-refractivity contribution in [1.29, 1.82) is 0 Å². The van der Waals surface area contributed by atoms with Crippen molar-refractivity contribution in [3.63, 3.8) is 0 Å². The van der Waals surface area contributed by atoms with Gasteiger partial charge in [-0.05, 0) is 42.8 Å². The molecule has 0 saturated heterocycles. The fourth-order valence-corrected chi connectivity index (χ4v) is 3.22. The Balaban J connectivity index is 1.79. The Bertz CT molecular complexity index is 1220. The van der Waals surface area contributed by atoms with Crippen molar-refractivity contribution >= 4 is 10.9 Å². The first-order chi connectivity index (χ1) is 14.1. The topological polar surface area (TPSA) is 73.6 Å². The van der Waals surface area contributed by atoms with E-state index in [1.54, 1.807) is 31.2 Å². The van der Waals surface area contributed by atoms with Crippen LogP contribution < -0.4 is 15.0 Å². The van der Waals surface area contributed by atoms with Gasteiger partial charge >= 0.3 is 0 Å². The minimum absolute atomic E-state index is 0.134. The van der Waals surface area contributed by atoms with Crippen molar-refractivity contribution < 1.29 is 14.6 Å². The normalized spacial score (nSPS) is 10.8. The van der Waals surface area contributed by atoms with Gasteiger partial charge in [-0.1, -0.05) is 30.3 Å². The van der Waals surface area contributed by atoms with Crippen molar-refractivity contribution in [2.24, 2.45) is 0 Å². The number of phenols is 1. The molecular weight excluding hydrogens is 368 g/mol. The molecule has 0 aliphatic rings. The number of aryl methyl sites for hydroxylation is 1. The number of fused-ring (bicyclic) bond motifs is 1. The summed E-state index contributed by atoms with van der Waals surface area (Å²) in [6.07, 6.45) is 0. The van der Waals surface area contributed by atoms with E-state index in [1.165, 1.54) is 23.8 Å². The number of aromatic hydroxyl groups is 1. The van der Waals surface area contributed by atoms with Crippen LogP contribution in [0.1, 0.15) is 11.4 Å². The first kappa shape index (κ1) is 18.6. The summed E-state index contributed by atoms with van der Waals surface area (Å²) in [5.74, 6) is 1.66. The summed E-state index contributed by atoms with van der Waals surface area (Å²) < 4.78 is 12.9. The van der Waals surface area contributed by atoms with Gasteiger partial charge in [0, 0.05) is 6.07 Å². The fourth-order valence-electron chi connectivity index (χ4n) is 3.22. The standard InChI is InChI=1S/C23H20N2O4/c1-15-24-20-13-22(29-14-16-6-4-3-5-7-16)21(28-2)12-19(20)23(27)25(15)17-8-10-18(26)11-9-17/h3-13,26H,14H2,1-2H3. The molecule has 0 bridgehead atoms. The predicted molar refractivity (Wildman–Crippen MR) is 111 cm³/mol. The van der Waals surface area contributed by atoms with E-state index in [9.17, 15) is 9.90 Å². The Morgan fingerprint density at radius 1 is 1.00 bits per heavy atom. The second kappa shape index (κ2) is 7.67. The van der Waals surface area contributed by atoms with Crippen molar-refractivity contribution in [1.82, 2.24) is 9.55 Å². The van der Waals surface area contributed by atoms with E-state index >= 15 is 0 Å². The monoisotopic (exact) mass is 388 g/mol. The molecule has 0 spiro atoms. The van der Waals surface area contributed by atoms with E-state index in [0.717, 1.165) is 5.56 Å². The number of nitrogens with zero attached hydrogens (tertiary/aromatic N) is 2. The molecule has 0 radical (unpaired) electrons. The van der Waals surface area contributed by atoms with Gasteiger partial charge in [0.1, 0.15) is 18.2 Å². The van der Waals surface area contributed by atoms with Crippen molar-refractivity contribution in [3.05, 3.63) is 88.5 Å². The van der Waals surface area contributed by atoms with Crippen LogP contribution in [0.25, 0.3) is 16.6 Å². The molecule has 1 heterocycles. The van der Waals surface area contributed by atoms with Crippen LogP contribution >= 0.6 is 0 Å². The van der Waals surface area contributed by atoms with E-state index < -0.39 is 0 Å². The molecule has 3 aromatic carbocycles. The van der Waals surface area contributed by atoms with Gasteiger partial charge in [0.2, 0.25) is 0 Å². The van der Waals surface area contributed by atoms with Gasteiger partial charge in [-0.25, -0.2) is 4.98 Å². The maximum absolute atomic E-state index is 13.2. The summed E-state index contributed by atoms with van der Waals surface area (Å²) in [5, 5.41) is 9.94. The minimum Gasteiger partial charge on any atom is -0.508 e. The van der Waals surface area contributed by atoms with Crippen LogP contribution in [0.15, 0.2) is 71.5 Å². The lowest BCUT2D eigenvalue weighted by atomic mass is 10.2. The van der Waals surface area contributed by atoms with E-state index in [4.69, 9.17) is 9.47 Å². The molecule has 0 aliphatic heterocycles. The lowest BCUT2D eigenvalue weighted by Crippen LogP contribution is -2.22. The molecule has 1 aromatic heterocycles. The van der Waals surface area contributed by atoms with Gasteiger partial charge in [0.25, 0.3) is 5.56 Å². The number of phenolic OH excluding ortho intramolecular Hbond substituents is 1. The quantitative estimate of drug-likeness (QED) is 0.560. The molecule has 0 aliphatic carbocycles. The number of benzene rings is 3. The zero-order chi connectivity index (χ0) is 20.4. The summed E-state index contributed by atoms with van der Waals surface area (Å²) >= 11 is 0. The van der Waals surface area contributed by atoms with Gasteiger partial charge in [0.15, 0.2) is 11.5 Å². The van der Waals surface area contributed by atoms with Gasteiger partial charge in [0.05, 0.1) is 23.7 Å². The third-order valence-corrected chi connectivity index (χ3v) is 4.67. The van der Waals surface area contributed by atoms with Gasteiger partial charge < -0.3 is 14.6 Å². The number of ether oxygens (including phenoxy) is 2. The number of rotatable bonds is 5. The van der Waals surface area contributed by atoms with E-state index in [0.29, 0.717) is 40.5 Å². The molecule has 29 heavy (non-hydrogen) atoms. The molecule has 4 aromatic rings. The first-order valence-corrected chi connectivity index (χ1v) is 9.14. The summed E-state index contributed by atoms with van der Waals surface area (Å²) in [5.41, 5.74) is 1.97. The van der Waals surface area contributed by atoms with Crippen molar-refractivity contribution in [3.8, 4) is 22.9 Å². The molecule has 6 nitrogen and oxygen atoms in total. The highest BCUT2D eigenvalue weighted by Crippen LogP contribution is 2.31. The fraction of sp³-hybridized carbons (Fsp3) is 0.130. The maximum Gasteiger partial charge on any atom is 0.266 e. The second-order valence-electron chi connectivity index (χ2n) is 6.61.